The van der Waals surface area contributed by atoms with E-state index in [0.717, 1.165) is 32.6 Å². The molecular formula is C18H25N5O. The van der Waals surface area contributed by atoms with Gasteiger partial charge in [-0.25, -0.2) is 0 Å². The van der Waals surface area contributed by atoms with Gasteiger partial charge >= 0.3 is 0 Å². The van der Waals surface area contributed by atoms with Crippen molar-refractivity contribution in [2.45, 2.75) is 13.3 Å². The second-order valence-electron chi connectivity index (χ2n) is 5.98. The van der Waals surface area contributed by atoms with E-state index in [1.54, 1.807) is 23.5 Å². The minimum Gasteiger partial charge on any atom is -0.376 e. The summed E-state index contributed by atoms with van der Waals surface area (Å²) in [5.74, 6) is -0.159. The molecule has 1 aromatic rings. The fraction of sp³-hybridized carbons (Fsp3) is 0.500. The standard InChI is InChI=1S/C18H25N5O/c1-3-22(9-6-16-4-7-20-8-5-16)15-17(14-19)18(24)23-12-10-21(2)11-13-23/h4-5,7-8,15H,3,6,9-13H2,1-2H3/b17-15-. The number of rotatable bonds is 6. The maximum absolute atomic E-state index is 12.5. The third-order valence-corrected chi connectivity index (χ3v) is 4.30. The average molecular weight is 327 g/mol. The molecule has 2 rings (SSSR count). The van der Waals surface area contributed by atoms with Gasteiger partial charge in [-0.3, -0.25) is 9.78 Å². The molecule has 6 nitrogen and oxygen atoms in total. The summed E-state index contributed by atoms with van der Waals surface area (Å²) in [5, 5.41) is 9.40. The number of pyridine rings is 1. The van der Waals surface area contributed by atoms with Crippen LogP contribution in [-0.2, 0) is 11.2 Å². The highest BCUT2D eigenvalue weighted by molar-refractivity contribution is 5.97. The lowest BCUT2D eigenvalue weighted by molar-refractivity contribution is -0.128. The van der Waals surface area contributed by atoms with Crippen molar-refractivity contribution >= 4 is 5.91 Å². The van der Waals surface area contributed by atoms with Crippen molar-refractivity contribution in [3.8, 4) is 6.07 Å². The van der Waals surface area contributed by atoms with Crippen LogP contribution >= 0.6 is 0 Å². The first-order chi connectivity index (χ1) is 11.6. The maximum Gasteiger partial charge on any atom is 0.266 e. The molecule has 1 saturated heterocycles. The molecular weight excluding hydrogens is 302 g/mol. The maximum atomic E-state index is 12.5. The molecule has 2 heterocycles. The van der Waals surface area contributed by atoms with Crippen LogP contribution < -0.4 is 0 Å². The Hall–Kier alpha value is -2.39. The topological polar surface area (TPSA) is 63.5 Å². The minimum absolute atomic E-state index is 0.159. The number of nitrogens with zero attached hydrogens (tertiary/aromatic N) is 5. The molecule has 0 radical (unpaired) electrons. The first kappa shape index (κ1) is 18.0. The summed E-state index contributed by atoms with van der Waals surface area (Å²) in [6.07, 6.45) is 6.12. The fourth-order valence-corrected chi connectivity index (χ4v) is 2.63. The molecule has 24 heavy (non-hydrogen) atoms. The van der Waals surface area contributed by atoms with Crippen LogP contribution in [0.15, 0.2) is 36.3 Å². The Labute approximate surface area is 144 Å². The predicted octanol–water partition coefficient (Wildman–Crippen LogP) is 1.13. The van der Waals surface area contributed by atoms with Crippen molar-refractivity contribution < 1.29 is 4.79 Å². The molecule has 6 heteroatoms. The Morgan fingerprint density at radius 2 is 2.00 bits per heavy atom. The van der Waals surface area contributed by atoms with E-state index in [2.05, 4.69) is 16.0 Å². The Bertz CT molecular complexity index is 600. The van der Waals surface area contributed by atoms with E-state index >= 15 is 0 Å². The van der Waals surface area contributed by atoms with Gasteiger partial charge in [-0.05, 0) is 38.1 Å². The molecule has 1 aromatic heterocycles. The van der Waals surface area contributed by atoms with Crippen molar-refractivity contribution in [2.24, 2.45) is 0 Å². The molecule has 0 spiro atoms. The molecule has 0 saturated carbocycles. The number of amides is 1. The highest BCUT2D eigenvalue weighted by Crippen LogP contribution is 2.08. The van der Waals surface area contributed by atoms with Gasteiger partial charge in [0.2, 0.25) is 0 Å². The van der Waals surface area contributed by atoms with Gasteiger partial charge in [-0.15, -0.1) is 0 Å². The van der Waals surface area contributed by atoms with Gasteiger partial charge in [-0.2, -0.15) is 5.26 Å². The summed E-state index contributed by atoms with van der Waals surface area (Å²) in [6.45, 7) is 6.61. The van der Waals surface area contributed by atoms with Crippen LogP contribution in [-0.4, -0.2) is 71.9 Å². The van der Waals surface area contributed by atoms with Crippen molar-refractivity contribution in [3.63, 3.8) is 0 Å². The molecule has 0 bridgehead atoms. The first-order valence-electron chi connectivity index (χ1n) is 8.36. The van der Waals surface area contributed by atoms with E-state index in [1.807, 2.05) is 31.0 Å². The van der Waals surface area contributed by atoms with Gasteiger partial charge in [-0.1, -0.05) is 0 Å². The summed E-state index contributed by atoms with van der Waals surface area (Å²) in [5.41, 5.74) is 1.41. The van der Waals surface area contributed by atoms with Crippen molar-refractivity contribution in [1.29, 1.82) is 5.26 Å². The highest BCUT2D eigenvalue weighted by atomic mass is 16.2. The third kappa shape index (κ3) is 5.07. The molecule has 1 amide bonds. The molecule has 0 aliphatic carbocycles. The van der Waals surface area contributed by atoms with Crippen LogP contribution in [0.2, 0.25) is 0 Å². The molecule has 128 valence electrons. The van der Waals surface area contributed by atoms with Gasteiger partial charge in [0.15, 0.2) is 0 Å². The van der Waals surface area contributed by atoms with E-state index in [1.165, 1.54) is 5.56 Å². The van der Waals surface area contributed by atoms with Crippen LogP contribution in [0.25, 0.3) is 0 Å². The van der Waals surface area contributed by atoms with Crippen LogP contribution in [0.3, 0.4) is 0 Å². The van der Waals surface area contributed by atoms with Crippen molar-refractivity contribution in [1.82, 2.24) is 19.7 Å². The summed E-state index contributed by atoms with van der Waals surface area (Å²) in [7, 11) is 2.04. The van der Waals surface area contributed by atoms with Crippen LogP contribution in [0.1, 0.15) is 12.5 Å². The molecule has 1 fully saturated rings. The molecule has 0 N–H and O–H groups in total. The number of hydrogen-bond acceptors (Lipinski definition) is 5. The van der Waals surface area contributed by atoms with Gasteiger partial charge in [0.25, 0.3) is 5.91 Å². The number of carbonyl (C=O) groups is 1. The zero-order chi connectivity index (χ0) is 17.4. The van der Waals surface area contributed by atoms with E-state index in [4.69, 9.17) is 0 Å². The zero-order valence-corrected chi connectivity index (χ0v) is 14.5. The zero-order valence-electron chi connectivity index (χ0n) is 14.5. The molecule has 0 aromatic carbocycles. The van der Waals surface area contributed by atoms with Crippen LogP contribution in [0.5, 0.6) is 0 Å². The summed E-state index contributed by atoms with van der Waals surface area (Å²) < 4.78 is 0. The van der Waals surface area contributed by atoms with Crippen molar-refractivity contribution in [3.05, 3.63) is 41.9 Å². The van der Waals surface area contributed by atoms with Crippen molar-refractivity contribution in [2.75, 3.05) is 46.3 Å². The lowest BCUT2D eigenvalue weighted by atomic mass is 10.2. The Morgan fingerprint density at radius 1 is 1.33 bits per heavy atom. The fourth-order valence-electron chi connectivity index (χ4n) is 2.63. The Morgan fingerprint density at radius 3 is 2.58 bits per heavy atom. The highest BCUT2D eigenvalue weighted by Gasteiger charge is 2.22. The lowest BCUT2D eigenvalue weighted by Crippen LogP contribution is -2.47. The summed E-state index contributed by atoms with van der Waals surface area (Å²) in [4.78, 5) is 22.5. The van der Waals surface area contributed by atoms with Gasteiger partial charge < -0.3 is 14.7 Å². The average Bonchev–Trinajstić information content (AvgIpc) is 2.63. The normalized spacial score (nSPS) is 15.9. The predicted molar refractivity (Wildman–Crippen MR) is 93.0 cm³/mol. The number of carbonyl (C=O) groups excluding carboxylic acids is 1. The molecule has 1 aliphatic rings. The third-order valence-electron chi connectivity index (χ3n) is 4.30. The summed E-state index contributed by atoms with van der Waals surface area (Å²) >= 11 is 0. The van der Waals surface area contributed by atoms with E-state index in [0.29, 0.717) is 13.1 Å². The second kappa shape index (κ2) is 9.04. The smallest absolute Gasteiger partial charge is 0.266 e. The molecule has 1 aliphatic heterocycles. The van der Waals surface area contributed by atoms with Gasteiger partial charge in [0, 0.05) is 57.9 Å². The minimum atomic E-state index is -0.159. The summed E-state index contributed by atoms with van der Waals surface area (Å²) in [6, 6.07) is 6.05. The molecule has 0 atom stereocenters. The monoisotopic (exact) mass is 327 g/mol. The Kier molecular flexibility index (Phi) is 6.76. The number of piperazine rings is 1. The number of aromatic nitrogens is 1. The van der Waals surface area contributed by atoms with Gasteiger partial charge in [0.05, 0.1) is 0 Å². The lowest BCUT2D eigenvalue weighted by Gasteiger charge is -2.32. The second-order valence-corrected chi connectivity index (χ2v) is 5.98. The quantitative estimate of drug-likeness (QED) is 0.579. The first-order valence-corrected chi connectivity index (χ1v) is 8.36. The van der Waals surface area contributed by atoms with Crippen LogP contribution in [0, 0.1) is 11.3 Å². The number of nitriles is 1. The number of hydrogen-bond donors (Lipinski definition) is 0. The van der Waals surface area contributed by atoms with Crippen LogP contribution in [0.4, 0.5) is 0 Å². The van der Waals surface area contributed by atoms with Gasteiger partial charge in [0.1, 0.15) is 11.6 Å². The van der Waals surface area contributed by atoms with E-state index < -0.39 is 0 Å². The SMILES string of the molecule is CCN(/C=C(/C#N)C(=O)N1CCN(C)CC1)CCc1ccncc1. The Balaban J connectivity index is 1.98. The van der Waals surface area contributed by atoms with E-state index in [-0.39, 0.29) is 11.5 Å². The van der Waals surface area contributed by atoms with E-state index in [9.17, 15) is 10.1 Å². The molecule has 0 unspecified atom stereocenters. The largest absolute Gasteiger partial charge is 0.376 e. The number of likely N-dealkylation sites (N-methyl/N-ethyl adjacent to an activating group) is 2.